The third kappa shape index (κ3) is 4.14. The van der Waals surface area contributed by atoms with E-state index >= 15 is 0 Å². The summed E-state index contributed by atoms with van der Waals surface area (Å²) in [6.07, 6.45) is -4.69. The van der Waals surface area contributed by atoms with E-state index in [1.165, 1.54) is 0 Å². The van der Waals surface area contributed by atoms with Gasteiger partial charge in [0.05, 0.1) is 6.61 Å². The highest BCUT2D eigenvalue weighted by Crippen LogP contribution is 2.37. The van der Waals surface area contributed by atoms with Crippen LogP contribution in [0.25, 0.3) is 5.57 Å². The number of halogens is 3. The fraction of sp³-hybridized carbons (Fsp3) is 0.353. The van der Waals surface area contributed by atoms with Crippen LogP contribution >= 0.6 is 11.8 Å². The summed E-state index contributed by atoms with van der Waals surface area (Å²) in [6, 6.07) is 7.03. The van der Waals surface area contributed by atoms with E-state index in [-0.39, 0.29) is 6.61 Å². The van der Waals surface area contributed by atoms with Gasteiger partial charge in [-0.3, -0.25) is 4.79 Å². The van der Waals surface area contributed by atoms with Gasteiger partial charge in [-0.1, -0.05) is 23.8 Å². The molecule has 0 aliphatic carbocycles. The molecule has 1 amide bonds. The molecule has 3 nitrogen and oxygen atoms in total. The summed E-state index contributed by atoms with van der Waals surface area (Å²) in [6.45, 7) is 5.70. The summed E-state index contributed by atoms with van der Waals surface area (Å²) < 4.78 is 43.8. The van der Waals surface area contributed by atoms with E-state index in [1.54, 1.807) is 12.1 Å². The average Bonchev–Trinajstić information content (AvgIpc) is 2.53. The number of thioether (sulfide) groups is 1. The topological polar surface area (TPSA) is 38.3 Å². The van der Waals surface area contributed by atoms with Crippen molar-refractivity contribution in [2.45, 2.75) is 26.9 Å². The van der Waals surface area contributed by atoms with Crippen LogP contribution in [0.4, 0.5) is 18.9 Å². The molecule has 2 rings (SSSR count). The molecular formula is C17H18F3NO2S. The smallest absolute Gasteiger partial charge is 0.450 e. The monoisotopic (exact) mass is 357 g/mol. The second kappa shape index (κ2) is 7.34. The molecule has 0 atom stereocenters. The van der Waals surface area contributed by atoms with Crippen molar-refractivity contribution < 1.29 is 22.7 Å². The number of amides is 1. The van der Waals surface area contributed by atoms with E-state index in [9.17, 15) is 18.0 Å². The second-order valence-corrected chi connectivity index (χ2v) is 6.58. The van der Waals surface area contributed by atoms with Gasteiger partial charge in [-0.2, -0.15) is 13.2 Å². The van der Waals surface area contributed by atoms with Crippen LogP contribution in [-0.2, 0) is 9.53 Å². The van der Waals surface area contributed by atoms with Gasteiger partial charge in [-0.25, -0.2) is 0 Å². The molecule has 7 heteroatoms. The van der Waals surface area contributed by atoms with Crippen LogP contribution in [-0.4, -0.2) is 24.4 Å². The van der Waals surface area contributed by atoms with Gasteiger partial charge in [-0.05, 0) is 32.4 Å². The van der Waals surface area contributed by atoms with Gasteiger partial charge in [0.2, 0.25) is 5.76 Å². The van der Waals surface area contributed by atoms with Gasteiger partial charge in [0, 0.05) is 17.0 Å². The SMILES string of the molecule is CC(C)=C(C)c1ccccc1NC(=O)C1=C(C(F)(F)F)OCCS1. The highest BCUT2D eigenvalue weighted by molar-refractivity contribution is 8.04. The minimum atomic E-state index is -4.69. The van der Waals surface area contributed by atoms with Crippen LogP contribution in [0.2, 0.25) is 0 Å². The predicted octanol–water partition coefficient (Wildman–Crippen LogP) is 4.98. The molecule has 0 unspecified atom stereocenters. The van der Waals surface area contributed by atoms with Crippen molar-refractivity contribution in [2.75, 3.05) is 17.7 Å². The van der Waals surface area contributed by atoms with Crippen LogP contribution in [0.1, 0.15) is 26.3 Å². The largest absolute Gasteiger partial charge is 0.487 e. The summed E-state index contributed by atoms with van der Waals surface area (Å²) >= 11 is 0.857. The molecular weight excluding hydrogens is 339 g/mol. The normalized spacial score (nSPS) is 14.9. The Balaban J connectivity index is 2.37. The number of alkyl halides is 3. The van der Waals surface area contributed by atoms with Crippen molar-refractivity contribution in [2.24, 2.45) is 0 Å². The molecule has 1 heterocycles. The Labute approximate surface area is 143 Å². The van der Waals surface area contributed by atoms with Crippen molar-refractivity contribution in [1.82, 2.24) is 0 Å². The Morgan fingerprint density at radius 2 is 1.88 bits per heavy atom. The molecule has 130 valence electrons. The van der Waals surface area contributed by atoms with Gasteiger partial charge < -0.3 is 10.1 Å². The first-order chi connectivity index (χ1) is 11.2. The molecule has 0 saturated carbocycles. The fourth-order valence-electron chi connectivity index (χ4n) is 2.17. The van der Waals surface area contributed by atoms with Gasteiger partial charge >= 0.3 is 6.18 Å². The third-order valence-corrected chi connectivity index (χ3v) is 4.61. The number of hydrogen-bond acceptors (Lipinski definition) is 3. The number of carbonyl (C=O) groups excluding carboxylic acids is 1. The second-order valence-electron chi connectivity index (χ2n) is 5.48. The highest BCUT2D eigenvalue weighted by Gasteiger charge is 2.42. The quantitative estimate of drug-likeness (QED) is 0.829. The summed E-state index contributed by atoms with van der Waals surface area (Å²) in [5.74, 6) is -1.72. The first kappa shape index (κ1) is 18.4. The van der Waals surface area contributed by atoms with E-state index in [2.05, 4.69) is 5.32 Å². The Morgan fingerprint density at radius 3 is 2.50 bits per heavy atom. The zero-order valence-electron chi connectivity index (χ0n) is 13.6. The molecule has 1 aromatic rings. The van der Waals surface area contributed by atoms with Gasteiger partial charge in [0.25, 0.3) is 5.91 Å². The first-order valence-corrected chi connectivity index (χ1v) is 8.32. The van der Waals surface area contributed by atoms with Gasteiger partial charge in [0.15, 0.2) is 0 Å². The molecule has 1 aliphatic heterocycles. The molecule has 1 N–H and O–H groups in total. The van der Waals surface area contributed by atoms with Crippen molar-refractivity contribution in [1.29, 1.82) is 0 Å². The summed E-state index contributed by atoms with van der Waals surface area (Å²) in [5, 5.41) is 2.59. The van der Waals surface area contributed by atoms with Crippen LogP contribution in [0, 0.1) is 0 Å². The number of para-hydroxylation sites is 1. The summed E-state index contributed by atoms with van der Waals surface area (Å²) in [5.41, 5.74) is 3.27. The first-order valence-electron chi connectivity index (χ1n) is 7.33. The lowest BCUT2D eigenvalue weighted by molar-refractivity contribution is -0.133. The number of allylic oxidation sites excluding steroid dienone is 3. The van der Waals surface area contributed by atoms with E-state index < -0.39 is 22.7 Å². The van der Waals surface area contributed by atoms with Crippen LogP contribution in [0.5, 0.6) is 0 Å². The number of benzene rings is 1. The van der Waals surface area contributed by atoms with Crippen LogP contribution in [0.15, 0.2) is 40.5 Å². The Hall–Kier alpha value is -1.89. The molecule has 0 aromatic heterocycles. The lowest BCUT2D eigenvalue weighted by Crippen LogP contribution is -2.26. The van der Waals surface area contributed by atoms with E-state index in [4.69, 9.17) is 4.74 Å². The summed E-state index contributed by atoms with van der Waals surface area (Å²) in [7, 11) is 0. The lowest BCUT2D eigenvalue weighted by atomic mass is 10.0. The average molecular weight is 357 g/mol. The molecule has 24 heavy (non-hydrogen) atoms. The molecule has 0 fully saturated rings. The van der Waals surface area contributed by atoms with E-state index in [1.807, 2.05) is 32.9 Å². The molecule has 0 spiro atoms. The Bertz CT molecular complexity index is 704. The maximum absolute atomic E-state index is 13.0. The maximum atomic E-state index is 13.0. The molecule has 0 bridgehead atoms. The number of carbonyl (C=O) groups is 1. The molecule has 0 saturated heterocycles. The number of rotatable bonds is 3. The van der Waals surface area contributed by atoms with Crippen LogP contribution in [0.3, 0.4) is 0 Å². The van der Waals surface area contributed by atoms with Crippen molar-refractivity contribution >= 4 is 28.9 Å². The van der Waals surface area contributed by atoms with Crippen LogP contribution < -0.4 is 5.32 Å². The number of nitrogens with one attached hydrogen (secondary N) is 1. The Kier molecular flexibility index (Phi) is 5.64. The zero-order chi connectivity index (χ0) is 17.9. The van der Waals surface area contributed by atoms with Gasteiger partial charge in [0.1, 0.15) is 4.91 Å². The van der Waals surface area contributed by atoms with Crippen molar-refractivity contribution in [3.05, 3.63) is 46.1 Å². The minimum absolute atomic E-state index is 0.0657. The molecule has 1 aromatic carbocycles. The van der Waals surface area contributed by atoms with E-state index in [0.29, 0.717) is 11.4 Å². The highest BCUT2D eigenvalue weighted by atomic mass is 32.2. The van der Waals surface area contributed by atoms with Crippen molar-refractivity contribution in [3.63, 3.8) is 0 Å². The van der Waals surface area contributed by atoms with Gasteiger partial charge in [-0.15, -0.1) is 11.8 Å². The minimum Gasteiger partial charge on any atom is -0.487 e. The van der Waals surface area contributed by atoms with Crippen molar-refractivity contribution in [3.8, 4) is 0 Å². The number of hydrogen-bond donors (Lipinski definition) is 1. The maximum Gasteiger partial charge on any atom is 0.450 e. The van der Waals surface area contributed by atoms with E-state index in [0.717, 1.165) is 28.5 Å². The standard InChI is InChI=1S/C17H18F3NO2S/c1-10(2)11(3)12-6-4-5-7-13(12)21-16(22)14-15(17(18,19)20)23-8-9-24-14/h4-7H,8-9H2,1-3H3,(H,21,22). The Morgan fingerprint density at radius 1 is 1.21 bits per heavy atom. The summed E-state index contributed by atoms with van der Waals surface area (Å²) in [4.78, 5) is 12.0. The number of anilines is 1. The molecule has 0 radical (unpaired) electrons. The zero-order valence-corrected chi connectivity index (χ0v) is 14.4. The number of ether oxygens (including phenoxy) is 1. The molecule has 1 aliphatic rings. The predicted molar refractivity (Wildman–Crippen MR) is 90.5 cm³/mol. The lowest BCUT2D eigenvalue weighted by Gasteiger charge is -2.22. The fourth-order valence-corrected chi connectivity index (χ4v) is 3.02. The third-order valence-electron chi connectivity index (χ3n) is 3.58.